The number of ether oxygens (including phenoxy) is 1. The number of rotatable bonds is 3. The molecule has 0 aliphatic rings. The van der Waals surface area contributed by atoms with Crippen molar-refractivity contribution < 1.29 is 4.74 Å². The number of nitrogens with two attached hydrogens (primary N) is 1. The van der Waals surface area contributed by atoms with Crippen molar-refractivity contribution in [1.82, 2.24) is 0 Å². The Morgan fingerprint density at radius 3 is 2.72 bits per heavy atom. The van der Waals surface area contributed by atoms with Gasteiger partial charge in [0.25, 0.3) is 0 Å². The van der Waals surface area contributed by atoms with Crippen LogP contribution >= 0.6 is 27.5 Å². The fourth-order valence-corrected chi connectivity index (χ4v) is 2.09. The molecule has 0 aromatic heterocycles. The molecule has 0 saturated heterocycles. The number of hydrogen-bond donors (Lipinski definition) is 2. The second-order valence-corrected chi connectivity index (χ2v) is 5.07. The molecule has 0 fully saturated rings. The number of benzene rings is 2. The van der Waals surface area contributed by atoms with Crippen molar-refractivity contribution in [3.63, 3.8) is 0 Å². The molecular formula is C13H12BrClN2O. The number of nitrogen functional groups attached to an aromatic ring is 1. The van der Waals surface area contributed by atoms with E-state index in [2.05, 4.69) is 21.2 Å². The standard InChI is InChI=1S/C13H12BrClN2O/c1-18-11-6-9(16)5-10(7-11)17-13-4-8(14)2-3-12(13)15/h2-7,17H,16H2,1H3. The Labute approximate surface area is 119 Å². The lowest BCUT2D eigenvalue weighted by molar-refractivity contribution is 0.415. The molecule has 0 atom stereocenters. The van der Waals surface area contributed by atoms with E-state index >= 15 is 0 Å². The van der Waals surface area contributed by atoms with Gasteiger partial charge in [-0.25, -0.2) is 0 Å². The summed E-state index contributed by atoms with van der Waals surface area (Å²) in [4.78, 5) is 0. The molecule has 0 bridgehead atoms. The van der Waals surface area contributed by atoms with Gasteiger partial charge in [0, 0.05) is 28.0 Å². The van der Waals surface area contributed by atoms with Crippen molar-refractivity contribution in [2.45, 2.75) is 0 Å². The van der Waals surface area contributed by atoms with Gasteiger partial charge in [-0.15, -0.1) is 0 Å². The lowest BCUT2D eigenvalue weighted by Crippen LogP contribution is -1.95. The van der Waals surface area contributed by atoms with Crippen LogP contribution in [0.2, 0.25) is 5.02 Å². The highest BCUT2D eigenvalue weighted by atomic mass is 79.9. The highest BCUT2D eigenvalue weighted by molar-refractivity contribution is 9.10. The van der Waals surface area contributed by atoms with Gasteiger partial charge in [0.05, 0.1) is 17.8 Å². The van der Waals surface area contributed by atoms with Gasteiger partial charge in [-0.2, -0.15) is 0 Å². The second-order valence-electron chi connectivity index (χ2n) is 3.74. The molecule has 0 saturated carbocycles. The predicted molar refractivity (Wildman–Crippen MR) is 79.8 cm³/mol. The zero-order chi connectivity index (χ0) is 13.1. The quantitative estimate of drug-likeness (QED) is 0.819. The molecule has 0 aliphatic heterocycles. The minimum atomic E-state index is 0.628. The van der Waals surface area contributed by atoms with E-state index in [1.54, 1.807) is 13.2 Å². The van der Waals surface area contributed by atoms with Gasteiger partial charge in [0.15, 0.2) is 0 Å². The van der Waals surface area contributed by atoms with Crippen LogP contribution < -0.4 is 15.8 Å². The maximum Gasteiger partial charge on any atom is 0.122 e. The van der Waals surface area contributed by atoms with E-state index in [0.29, 0.717) is 16.5 Å². The second kappa shape index (κ2) is 5.50. The maximum atomic E-state index is 6.11. The molecule has 0 radical (unpaired) electrons. The fraction of sp³-hybridized carbons (Fsp3) is 0.0769. The molecule has 0 spiro atoms. The number of halogens is 2. The van der Waals surface area contributed by atoms with Crippen LogP contribution in [0.25, 0.3) is 0 Å². The van der Waals surface area contributed by atoms with Gasteiger partial charge < -0.3 is 15.8 Å². The summed E-state index contributed by atoms with van der Waals surface area (Å²) < 4.78 is 6.11. The summed E-state index contributed by atoms with van der Waals surface area (Å²) in [6.45, 7) is 0. The Kier molecular flexibility index (Phi) is 3.99. The van der Waals surface area contributed by atoms with E-state index in [9.17, 15) is 0 Å². The number of hydrogen-bond acceptors (Lipinski definition) is 3. The zero-order valence-electron chi connectivity index (χ0n) is 9.71. The van der Waals surface area contributed by atoms with Crippen molar-refractivity contribution in [3.05, 3.63) is 45.9 Å². The molecule has 0 amide bonds. The highest BCUT2D eigenvalue weighted by Gasteiger charge is 2.04. The van der Waals surface area contributed by atoms with Crippen molar-refractivity contribution >= 4 is 44.6 Å². The van der Waals surface area contributed by atoms with E-state index in [0.717, 1.165) is 15.8 Å². The van der Waals surface area contributed by atoms with Crippen LogP contribution in [-0.2, 0) is 0 Å². The average Bonchev–Trinajstić information content (AvgIpc) is 2.33. The van der Waals surface area contributed by atoms with Crippen LogP contribution in [0.3, 0.4) is 0 Å². The van der Waals surface area contributed by atoms with E-state index in [-0.39, 0.29) is 0 Å². The Hall–Kier alpha value is -1.39. The lowest BCUT2D eigenvalue weighted by atomic mass is 10.2. The van der Waals surface area contributed by atoms with Gasteiger partial charge in [-0.1, -0.05) is 27.5 Å². The summed E-state index contributed by atoms with van der Waals surface area (Å²) in [5.41, 5.74) is 8.05. The third-order valence-corrected chi connectivity index (χ3v) is 3.19. The topological polar surface area (TPSA) is 47.3 Å². The first-order valence-corrected chi connectivity index (χ1v) is 6.42. The van der Waals surface area contributed by atoms with Gasteiger partial charge in [-0.05, 0) is 24.3 Å². The van der Waals surface area contributed by atoms with E-state index in [4.69, 9.17) is 22.1 Å². The summed E-state index contributed by atoms with van der Waals surface area (Å²) in [5, 5.41) is 3.85. The van der Waals surface area contributed by atoms with Gasteiger partial charge in [-0.3, -0.25) is 0 Å². The molecule has 3 N–H and O–H groups in total. The van der Waals surface area contributed by atoms with Crippen molar-refractivity contribution in [1.29, 1.82) is 0 Å². The van der Waals surface area contributed by atoms with Gasteiger partial charge in [0.1, 0.15) is 5.75 Å². The average molecular weight is 328 g/mol. The first kappa shape index (κ1) is 13.1. The molecule has 0 unspecified atom stereocenters. The van der Waals surface area contributed by atoms with Crippen LogP contribution in [0.4, 0.5) is 17.1 Å². The lowest BCUT2D eigenvalue weighted by Gasteiger charge is -2.11. The highest BCUT2D eigenvalue weighted by Crippen LogP contribution is 2.31. The number of anilines is 3. The maximum absolute atomic E-state index is 6.11. The Morgan fingerprint density at radius 1 is 1.22 bits per heavy atom. The van der Waals surface area contributed by atoms with Gasteiger partial charge in [0.2, 0.25) is 0 Å². The fourth-order valence-electron chi connectivity index (χ4n) is 1.56. The van der Waals surface area contributed by atoms with Crippen LogP contribution in [0.15, 0.2) is 40.9 Å². The van der Waals surface area contributed by atoms with Crippen molar-refractivity contribution in [2.24, 2.45) is 0 Å². The molecular weight excluding hydrogens is 316 g/mol. The smallest absolute Gasteiger partial charge is 0.122 e. The van der Waals surface area contributed by atoms with Crippen LogP contribution in [0.5, 0.6) is 5.75 Å². The monoisotopic (exact) mass is 326 g/mol. The molecule has 3 nitrogen and oxygen atoms in total. The van der Waals surface area contributed by atoms with Crippen molar-refractivity contribution in [3.8, 4) is 5.75 Å². The summed E-state index contributed by atoms with van der Waals surface area (Å²) in [6.07, 6.45) is 0. The summed E-state index contributed by atoms with van der Waals surface area (Å²) in [7, 11) is 1.60. The third kappa shape index (κ3) is 3.09. The van der Waals surface area contributed by atoms with E-state index < -0.39 is 0 Å². The normalized spacial score (nSPS) is 10.2. The summed E-state index contributed by atoms with van der Waals surface area (Å²) in [6, 6.07) is 11.0. The van der Waals surface area contributed by atoms with Crippen LogP contribution in [0, 0.1) is 0 Å². The SMILES string of the molecule is COc1cc(N)cc(Nc2cc(Br)ccc2Cl)c1. The molecule has 2 aromatic carbocycles. The van der Waals surface area contributed by atoms with Crippen LogP contribution in [-0.4, -0.2) is 7.11 Å². The molecule has 18 heavy (non-hydrogen) atoms. The Morgan fingerprint density at radius 2 is 2.00 bits per heavy atom. The minimum Gasteiger partial charge on any atom is -0.497 e. The van der Waals surface area contributed by atoms with Crippen molar-refractivity contribution in [2.75, 3.05) is 18.2 Å². The number of nitrogens with one attached hydrogen (secondary N) is 1. The predicted octanol–water partition coefficient (Wildman–Crippen LogP) is 4.44. The Bertz CT molecular complexity index is 575. The molecule has 0 aliphatic carbocycles. The number of methoxy groups -OCH3 is 1. The zero-order valence-corrected chi connectivity index (χ0v) is 12.0. The summed E-state index contributed by atoms with van der Waals surface area (Å²) in [5.74, 6) is 0.698. The van der Waals surface area contributed by atoms with Crippen LogP contribution in [0.1, 0.15) is 0 Å². The molecule has 5 heteroatoms. The summed E-state index contributed by atoms with van der Waals surface area (Å²) >= 11 is 9.52. The molecule has 0 heterocycles. The first-order chi connectivity index (χ1) is 8.58. The molecule has 2 rings (SSSR count). The van der Waals surface area contributed by atoms with E-state index in [1.165, 1.54) is 0 Å². The van der Waals surface area contributed by atoms with E-state index in [1.807, 2.05) is 30.3 Å². The molecule has 94 valence electrons. The first-order valence-electron chi connectivity index (χ1n) is 5.25. The minimum absolute atomic E-state index is 0.628. The molecule has 2 aromatic rings. The van der Waals surface area contributed by atoms with Gasteiger partial charge >= 0.3 is 0 Å². The Balaban J connectivity index is 2.33. The third-order valence-electron chi connectivity index (χ3n) is 2.37. The largest absolute Gasteiger partial charge is 0.497 e.